The van der Waals surface area contributed by atoms with Crippen LogP contribution in [0.15, 0.2) is 72.8 Å². The molecule has 0 aliphatic heterocycles. The van der Waals surface area contributed by atoms with E-state index in [4.69, 9.17) is 4.74 Å². The summed E-state index contributed by atoms with van der Waals surface area (Å²) in [6, 6.07) is 21.9. The summed E-state index contributed by atoms with van der Waals surface area (Å²) >= 11 is 0. The van der Waals surface area contributed by atoms with Crippen molar-refractivity contribution in [2.75, 3.05) is 11.9 Å². The second kappa shape index (κ2) is 10.4. The average Bonchev–Trinajstić information content (AvgIpc) is 3.16. The number of carboxylic acid groups (broad SMARTS) is 1. The summed E-state index contributed by atoms with van der Waals surface area (Å²) in [6.07, 6.45) is -1.41. The van der Waals surface area contributed by atoms with Crippen molar-refractivity contribution in [1.29, 1.82) is 0 Å². The molecule has 0 saturated carbocycles. The second-order valence-corrected chi connectivity index (χ2v) is 8.89. The van der Waals surface area contributed by atoms with Gasteiger partial charge in [0.15, 0.2) is 0 Å². The lowest BCUT2D eigenvalue weighted by atomic mass is 9.98. The minimum absolute atomic E-state index is 0.0672. The van der Waals surface area contributed by atoms with Gasteiger partial charge in [-0.05, 0) is 45.9 Å². The van der Waals surface area contributed by atoms with E-state index in [9.17, 15) is 19.5 Å². The van der Waals surface area contributed by atoms with Crippen LogP contribution in [0.3, 0.4) is 0 Å². The molecular weight excluding hydrogens is 444 g/mol. The van der Waals surface area contributed by atoms with E-state index in [1.54, 1.807) is 6.07 Å². The molecule has 0 radical (unpaired) electrons. The summed E-state index contributed by atoms with van der Waals surface area (Å²) in [5.41, 5.74) is 5.89. The molecule has 1 aliphatic rings. The van der Waals surface area contributed by atoms with Crippen LogP contribution in [0.4, 0.5) is 10.5 Å². The van der Waals surface area contributed by atoms with Gasteiger partial charge in [-0.1, -0.05) is 74.5 Å². The molecule has 0 fully saturated rings. The van der Waals surface area contributed by atoms with E-state index in [1.165, 1.54) is 0 Å². The number of anilines is 1. The maximum absolute atomic E-state index is 12.8. The largest absolute Gasteiger partial charge is 0.481 e. The van der Waals surface area contributed by atoms with Crippen molar-refractivity contribution in [3.63, 3.8) is 0 Å². The molecule has 3 aromatic carbocycles. The molecule has 0 aromatic heterocycles. The first-order valence-electron chi connectivity index (χ1n) is 11.6. The molecule has 0 spiro atoms. The van der Waals surface area contributed by atoms with Crippen LogP contribution in [-0.4, -0.2) is 35.7 Å². The highest BCUT2D eigenvalue weighted by atomic mass is 16.5. The Hall–Kier alpha value is -4.13. The average molecular weight is 473 g/mol. The van der Waals surface area contributed by atoms with Gasteiger partial charge in [-0.25, -0.2) is 4.79 Å². The lowest BCUT2D eigenvalue weighted by Crippen LogP contribution is -2.45. The van der Waals surface area contributed by atoms with Gasteiger partial charge in [-0.2, -0.15) is 0 Å². The predicted octanol–water partition coefficient (Wildman–Crippen LogP) is 5.13. The Bertz CT molecular complexity index is 1210. The summed E-state index contributed by atoms with van der Waals surface area (Å²) in [5.74, 6) is -1.71. The third-order valence-corrected chi connectivity index (χ3v) is 6.15. The van der Waals surface area contributed by atoms with E-state index in [-0.39, 0.29) is 18.4 Å². The number of hydrogen-bond acceptors (Lipinski definition) is 4. The molecule has 3 N–H and O–H groups in total. The van der Waals surface area contributed by atoms with Crippen LogP contribution in [0.5, 0.6) is 0 Å². The van der Waals surface area contributed by atoms with Crippen molar-refractivity contribution in [1.82, 2.24) is 5.32 Å². The van der Waals surface area contributed by atoms with Crippen molar-refractivity contribution >= 4 is 23.7 Å². The first kappa shape index (κ1) is 24.0. The third kappa shape index (κ3) is 5.51. The fraction of sp³-hybridized carbons (Fsp3) is 0.250. The van der Waals surface area contributed by atoms with Gasteiger partial charge >= 0.3 is 12.1 Å². The van der Waals surface area contributed by atoms with Crippen molar-refractivity contribution < 1.29 is 24.2 Å². The van der Waals surface area contributed by atoms with E-state index in [1.807, 2.05) is 80.6 Å². The number of hydrogen-bond donors (Lipinski definition) is 3. The normalized spacial score (nSPS) is 13.0. The Morgan fingerprint density at radius 2 is 1.54 bits per heavy atom. The van der Waals surface area contributed by atoms with Crippen molar-refractivity contribution in [2.24, 2.45) is 0 Å². The molecule has 7 nitrogen and oxygen atoms in total. The number of benzene rings is 3. The first-order valence-corrected chi connectivity index (χ1v) is 11.6. The van der Waals surface area contributed by atoms with Crippen LogP contribution >= 0.6 is 0 Å². The van der Waals surface area contributed by atoms with Crippen LogP contribution in [0.1, 0.15) is 48.8 Å². The van der Waals surface area contributed by atoms with E-state index >= 15 is 0 Å². The van der Waals surface area contributed by atoms with Crippen LogP contribution in [0, 0.1) is 0 Å². The SMILES string of the molecule is CC(C)c1cccc(NC(=O)C(CC(=O)O)NC(=O)OCC2c3ccccc3-c3ccccc32)c1. The molecule has 7 heteroatoms. The fourth-order valence-corrected chi connectivity index (χ4v) is 4.37. The lowest BCUT2D eigenvalue weighted by molar-refractivity contribution is -0.139. The molecule has 0 bridgehead atoms. The highest BCUT2D eigenvalue weighted by molar-refractivity contribution is 5.98. The van der Waals surface area contributed by atoms with E-state index in [0.29, 0.717) is 5.69 Å². The number of ether oxygens (including phenoxy) is 1. The minimum atomic E-state index is -1.29. The highest BCUT2D eigenvalue weighted by Crippen LogP contribution is 2.44. The minimum Gasteiger partial charge on any atom is -0.481 e. The number of aliphatic carboxylic acids is 1. The monoisotopic (exact) mass is 472 g/mol. The van der Waals surface area contributed by atoms with Crippen molar-refractivity contribution in [3.05, 3.63) is 89.5 Å². The Morgan fingerprint density at radius 1 is 0.914 bits per heavy atom. The quantitative estimate of drug-likeness (QED) is 0.422. The smallest absolute Gasteiger partial charge is 0.407 e. The maximum Gasteiger partial charge on any atom is 0.407 e. The molecule has 1 aliphatic carbocycles. The van der Waals surface area contributed by atoms with Gasteiger partial charge in [0.2, 0.25) is 5.91 Å². The number of amides is 2. The summed E-state index contributed by atoms with van der Waals surface area (Å²) < 4.78 is 5.48. The predicted molar refractivity (Wildman–Crippen MR) is 133 cm³/mol. The third-order valence-electron chi connectivity index (χ3n) is 6.15. The van der Waals surface area contributed by atoms with Gasteiger partial charge in [0, 0.05) is 11.6 Å². The van der Waals surface area contributed by atoms with E-state index < -0.39 is 30.4 Å². The Labute approximate surface area is 204 Å². The lowest BCUT2D eigenvalue weighted by Gasteiger charge is -2.19. The summed E-state index contributed by atoms with van der Waals surface area (Å²) in [7, 11) is 0. The second-order valence-electron chi connectivity index (χ2n) is 8.89. The summed E-state index contributed by atoms with van der Waals surface area (Å²) in [6.45, 7) is 4.14. The van der Waals surface area contributed by atoms with Gasteiger partial charge in [-0.3, -0.25) is 9.59 Å². The standard InChI is InChI=1S/C28H28N2O5/c1-17(2)18-8-7-9-19(14-18)29-27(33)25(15-26(31)32)30-28(34)35-16-24-22-12-5-3-10-20(22)21-11-4-6-13-23(21)24/h3-14,17,24-25H,15-16H2,1-2H3,(H,29,33)(H,30,34)(H,31,32). The van der Waals surface area contributed by atoms with Gasteiger partial charge in [-0.15, -0.1) is 0 Å². The molecule has 0 saturated heterocycles. The van der Waals surface area contributed by atoms with Crippen LogP contribution < -0.4 is 10.6 Å². The number of fused-ring (bicyclic) bond motifs is 3. The summed E-state index contributed by atoms with van der Waals surface area (Å²) in [5, 5.41) is 14.4. The van der Waals surface area contributed by atoms with Gasteiger partial charge in [0.05, 0.1) is 6.42 Å². The molecule has 180 valence electrons. The maximum atomic E-state index is 12.8. The van der Waals surface area contributed by atoms with E-state index in [0.717, 1.165) is 27.8 Å². The number of rotatable bonds is 8. The number of carbonyl (C=O) groups is 3. The van der Waals surface area contributed by atoms with E-state index in [2.05, 4.69) is 10.6 Å². The molecule has 1 unspecified atom stereocenters. The van der Waals surface area contributed by atoms with Gasteiger partial charge in [0.1, 0.15) is 12.6 Å². The zero-order valence-corrected chi connectivity index (χ0v) is 19.7. The van der Waals surface area contributed by atoms with Crippen molar-refractivity contribution in [3.8, 4) is 11.1 Å². The molecular formula is C28H28N2O5. The highest BCUT2D eigenvalue weighted by Gasteiger charge is 2.30. The number of carboxylic acids is 1. The topological polar surface area (TPSA) is 105 Å². The molecule has 35 heavy (non-hydrogen) atoms. The number of nitrogens with one attached hydrogen (secondary N) is 2. The number of carbonyl (C=O) groups excluding carboxylic acids is 2. The zero-order valence-electron chi connectivity index (χ0n) is 19.7. The molecule has 0 heterocycles. The fourth-order valence-electron chi connectivity index (χ4n) is 4.37. The Balaban J connectivity index is 1.42. The molecule has 2 amide bonds. The molecule has 1 atom stereocenters. The summed E-state index contributed by atoms with van der Waals surface area (Å²) in [4.78, 5) is 36.8. The van der Waals surface area contributed by atoms with Crippen LogP contribution in [0.2, 0.25) is 0 Å². The zero-order chi connectivity index (χ0) is 24.9. The van der Waals surface area contributed by atoms with Crippen LogP contribution in [-0.2, 0) is 14.3 Å². The Morgan fingerprint density at radius 3 is 2.14 bits per heavy atom. The molecule has 4 rings (SSSR count). The van der Waals surface area contributed by atoms with Crippen LogP contribution in [0.25, 0.3) is 11.1 Å². The van der Waals surface area contributed by atoms with Gasteiger partial charge < -0.3 is 20.5 Å². The first-order chi connectivity index (χ1) is 16.8. The van der Waals surface area contributed by atoms with Crippen molar-refractivity contribution in [2.45, 2.75) is 38.1 Å². The Kier molecular flexibility index (Phi) is 7.15. The van der Waals surface area contributed by atoms with Gasteiger partial charge in [0.25, 0.3) is 0 Å². The molecule has 3 aromatic rings. The number of alkyl carbamates (subject to hydrolysis) is 1.